The van der Waals surface area contributed by atoms with Crippen LogP contribution in [0.25, 0.3) is 22.2 Å². The number of ether oxygens (including phenoxy) is 1. The van der Waals surface area contributed by atoms with Crippen LogP contribution in [0.5, 0.6) is 0 Å². The van der Waals surface area contributed by atoms with Crippen LogP contribution in [0.3, 0.4) is 0 Å². The Bertz CT molecular complexity index is 1610. The molecule has 244 valence electrons. The van der Waals surface area contributed by atoms with Crippen molar-refractivity contribution < 1.29 is 19.4 Å². The van der Waals surface area contributed by atoms with Gasteiger partial charge in [0.25, 0.3) is 5.91 Å². The van der Waals surface area contributed by atoms with Gasteiger partial charge >= 0.3 is 0 Å². The summed E-state index contributed by atoms with van der Waals surface area (Å²) < 4.78 is 7.61. The van der Waals surface area contributed by atoms with E-state index in [4.69, 9.17) is 15.5 Å². The number of likely N-dealkylation sites (tertiary alicyclic amines) is 1. The highest BCUT2D eigenvalue weighted by molar-refractivity contribution is 5.95. The Labute approximate surface area is 271 Å². The first-order valence-corrected chi connectivity index (χ1v) is 16.3. The summed E-state index contributed by atoms with van der Waals surface area (Å²) in [4.78, 5) is 32.9. The van der Waals surface area contributed by atoms with Crippen molar-refractivity contribution in [1.82, 2.24) is 19.8 Å². The van der Waals surface area contributed by atoms with E-state index in [0.717, 1.165) is 65.9 Å². The number of rotatable bonds is 13. The topological polar surface area (TPSA) is 123 Å². The van der Waals surface area contributed by atoms with Crippen molar-refractivity contribution in [2.75, 3.05) is 33.4 Å². The molecule has 1 aliphatic rings. The fourth-order valence-corrected chi connectivity index (χ4v) is 6.22. The number of amides is 2. The predicted octanol–water partition coefficient (Wildman–Crippen LogP) is 4.91. The number of hydrogen-bond donors (Lipinski definition) is 3. The summed E-state index contributed by atoms with van der Waals surface area (Å²) in [5.41, 5.74) is 11.6. The molecule has 3 aromatic carbocycles. The summed E-state index contributed by atoms with van der Waals surface area (Å²) in [7, 11) is 1.73. The van der Waals surface area contributed by atoms with Gasteiger partial charge < -0.3 is 30.4 Å². The maximum atomic E-state index is 13.4. The minimum absolute atomic E-state index is 0.0994. The summed E-state index contributed by atoms with van der Waals surface area (Å²) in [6.45, 7) is 6.35. The number of nitrogens with zero attached hydrogens (tertiary/aromatic N) is 3. The standard InChI is InChI=1S/C37H47N5O4/c1-37(2,25-43)40-36(45)29-17-15-28(16-18-29)27-13-11-26(12-14-27)22-31(38)23-34(44)41-19-6-8-30(24-41)35-39-32-9-4-5-10-33(32)42(35)20-7-21-46-3/h4-5,9-18,30-31,43H,6-8,19-25,38H2,1-3H3,(H,40,45). The number of piperidine rings is 1. The van der Waals surface area contributed by atoms with E-state index in [-0.39, 0.29) is 30.4 Å². The van der Waals surface area contributed by atoms with E-state index in [1.54, 1.807) is 33.1 Å². The van der Waals surface area contributed by atoms with Gasteiger partial charge in [0.05, 0.1) is 23.2 Å². The Kier molecular flexibility index (Phi) is 10.9. The van der Waals surface area contributed by atoms with E-state index in [1.807, 2.05) is 41.3 Å². The number of benzene rings is 3. The van der Waals surface area contributed by atoms with Crippen molar-refractivity contribution in [2.45, 2.75) is 70.0 Å². The number of para-hydroxylation sites is 2. The number of hydrogen-bond acceptors (Lipinski definition) is 6. The minimum atomic E-state index is -0.683. The molecule has 1 aromatic heterocycles. The van der Waals surface area contributed by atoms with E-state index in [1.165, 1.54) is 0 Å². The number of nitrogens with two attached hydrogens (primary N) is 1. The van der Waals surface area contributed by atoms with Crippen LogP contribution in [0.15, 0.2) is 72.8 Å². The third kappa shape index (κ3) is 8.20. The number of carbonyl (C=O) groups excluding carboxylic acids is 2. The largest absolute Gasteiger partial charge is 0.394 e. The van der Waals surface area contributed by atoms with Crippen molar-refractivity contribution in [2.24, 2.45) is 5.73 Å². The molecule has 2 atom stereocenters. The molecule has 9 nitrogen and oxygen atoms in total. The Balaban J connectivity index is 1.16. The minimum Gasteiger partial charge on any atom is -0.394 e. The molecule has 1 saturated heterocycles. The van der Waals surface area contributed by atoms with Crippen LogP contribution < -0.4 is 11.1 Å². The summed E-state index contributed by atoms with van der Waals surface area (Å²) in [6.07, 6.45) is 3.77. The van der Waals surface area contributed by atoms with Crippen molar-refractivity contribution >= 4 is 22.8 Å². The van der Waals surface area contributed by atoms with E-state index in [0.29, 0.717) is 31.6 Å². The lowest BCUT2D eigenvalue weighted by Gasteiger charge is -2.33. The predicted molar refractivity (Wildman–Crippen MR) is 182 cm³/mol. The molecule has 1 aliphatic heterocycles. The van der Waals surface area contributed by atoms with Crippen LogP contribution in [0.2, 0.25) is 0 Å². The SMILES string of the molecule is COCCCn1c(C2CCCN(C(=O)CC(N)Cc3ccc(-c4ccc(C(=O)NC(C)(C)CO)cc4)cc3)C2)nc2ccccc21. The highest BCUT2D eigenvalue weighted by Gasteiger charge is 2.29. The number of carbonyl (C=O) groups is 2. The second-order valence-corrected chi connectivity index (χ2v) is 13.1. The molecule has 2 amide bonds. The lowest BCUT2D eigenvalue weighted by Crippen LogP contribution is -2.46. The van der Waals surface area contributed by atoms with Crippen LogP contribution in [-0.4, -0.2) is 76.4 Å². The zero-order valence-corrected chi connectivity index (χ0v) is 27.2. The zero-order valence-electron chi connectivity index (χ0n) is 27.2. The molecule has 9 heteroatoms. The van der Waals surface area contributed by atoms with E-state index < -0.39 is 5.54 Å². The lowest BCUT2D eigenvalue weighted by molar-refractivity contribution is -0.132. The average Bonchev–Trinajstić information content (AvgIpc) is 3.43. The molecule has 0 bridgehead atoms. The van der Waals surface area contributed by atoms with Crippen molar-refractivity contribution in [3.8, 4) is 11.1 Å². The number of aryl methyl sites for hydroxylation is 1. The second kappa shape index (κ2) is 15.0. The van der Waals surface area contributed by atoms with Gasteiger partial charge in [-0.3, -0.25) is 9.59 Å². The van der Waals surface area contributed by atoms with Gasteiger partial charge in [0.15, 0.2) is 0 Å². The van der Waals surface area contributed by atoms with Crippen LogP contribution in [0.4, 0.5) is 0 Å². The Hall–Kier alpha value is -4.05. The smallest absolute Gasteiger partial charge is 0.251 e. The molecule has 1 fully saturated rings. The third-order valence-corrected chi connectivity index (χ3v) is 8.77. The van der Waals surface area contributed by atoms with Crippen LogP contribution >= 0.6 is 0 Å². The van der Waals surface area contributed by atoms with E-state index in [9.17, 15) is 14.7 Å². The Morgan fingerprint density at radius 1 is 1.07 bits per heavy atom. The molecule has 4 aromatic rings. The lowest BCUT2D eigenvalue weighted by atomic mass is 9.95. The van der Waals surface area contributed by atoms with Gasteiger partial charge in [0.2, 0.25) is 5.91 Å². The molecule has 0 aliphatic carbocycles. The molecule has 2 heterocycles. The highest BCUT2D eigenvalue weighted by atomic mass is 16.5. The molecule has 2 unspecified atom stereocenters. The van der Waals surface area contributed by atoms with Gasteiger partial charge in [-0.25, -0.2) is 4.98 Å². The van der Waals surface area contributed by atoms with Gasteiger partial charge in [-0.05, 0) is 80.5 Å². The summed E-state index contributed by atoms with van der Waals surface area (Å²) in [5.74, 6) is 1.12. The molecule has 46 heavy (non-hydrogen) atoms. The van der Waals surface area contributed by atoms with Crippen LogP contribution in [0.1, 0.15) is 67.2 Å². The molecule has 5 rings (SSSR count). The van der Waals surface area contributed by atoms with Crippen LogP contribution in [0, 0.1) is 0 Å². The van der Waals surface area contributed by atoms with Crippen molar-refractivity contribution in [3.63, 3.8) is 0 Å². The van der Waals surface area contributed by atoms with Gasteiger partial charge in [-0.1, -0.05) is 48.5 Å². The van der Waals surface area contributed by atoms with E-state index >= 15 is 0 Å². The number of aliphatic hydroxyl groups excluding tert-OH is 1. The number of aliphatic hydroxyl groups is 1. The fourth-order valence-electron chi connectivity index (χ4n) is 6.22. The summed E-state index contributed by atoms with van der Waals surface area (Å²) in [6, 6.07) is 23.6. The average molecular weight is 626 g/mol. The number of aromatic nitrogens is 2. The molecular weight excluding hydrogens is 578 g/mol. The first-order valence-electron chi connectivity index (χ1n) is 16.3. The van der Waals surface area contributed by atoms with E-state index in [2.05, 4.69) is 34.1 Å². The maximum absolute atomic E-state index is 13.4. The monoisotopic (exact) mass is 625 g/mol. The number of nitrogens with one attached hydrogen (secondary N) is 1. The molecule has 4 N–H and O–H groups in total. The first kappa shape index (κ1) is 33.3. The number of fused-ring (bicyclic) bond motifs is 1. The third-order valence-electron chi connectivity index (χ3n) is 8.77. The van der Waals surface area contributed by atoms with Gasteiger partial charge in [0.1, 0.15) is 5.82 Å². The Morgan fingerprint density at radius 2 is 1.76 bits per heavy atom. The number of imidazole rings is 1. The summed E-state index contributed by atoms with van der Waals surface area (Å²) >= 11 is 0. The van der Waals surface area contributed by atoms with Gasteiger partial charge in [0, 0.05) is 57.3 Å². The normalized spacial score (nSPS) is 16.0. The quantitative estimate of drug-likeness (QED) is 0.182. The molecule has 0 saturated carbocycles. The second-order valence-electron chi connectivity index (χ2n) is 13.1. The first-order chi connectivity index (χ1) is 22.2. The molecular formula is C37H47N5O4. The zero-order chi connectivity index (χ0) is 32.7. The van der Waals surface area contributed by atoms with Crippen molar-refractivity contribution in [1.29, 1.82) is 0 Å². The fraction of sp³-hybridized carbons (Fsp3) is 0.432. The summed E-state index contributed by atoms with van der Waals surface area (Å²) in [5, 5.41) is 12.3. The molecule has 0 radical (unpaired) electrons. The van der Waals surface area contributed by atoms with Gasteiger partial charge in [-0.15, -0.1) is 0 Å². The maximum Gasteiger partial charge on any atom is 0.251 e. The highest BCUT2D eigenvalue weighted by Crippen LogP contribution is 2.30. The van der Waals surface area contributed by atoms with Crippen LogP contribution in [-0.2, 0) is 22.5 Å². The Morgan fingerprint density at radius 3 is 2.46 bits per heavy atom. The number of methoxy groups -OCH3 is 1. The van der Waals surface area contributed by atoms with Gasteiger partial charge in [-0.2, -0.15) is 0 Å². The molecule has 0 spiro atoms. The van der Waals surface area contributed by atoms with Crippen molar-refractivity contribution in [3.05, 3.63) is 89.7 Å².